The lowest BCUT2D eigenvalue weighted by atomic mass is 10.1. The number of nitrogens with zero attached hydrogens (tertiary/aromatic N) is 1. The van der Waals surface area contributed by atoms with Crippen molar-refractivity contribution in [2.45, 2.75) is 13.0 Å². The topological polar surface area (TPSA) is 98.5 Å². The molecule has 2 aromatic carbocycles. The van der Waals surface area contributed by atoms with Crippen molar-refractivity contribution in [2.24, 2.45) is 0 Å². The molecule has 2 rings (SSSR count). The fourth-order valence-electron chi connectivity index (χ4n) is 2.16. The van der Waals surface area contributed by atoms with E-state index >= 15 is 0 Å². The highest BCUT2D eigenvalue weighted by Gasteiger charge is 2.14. The minimum atomic E-state index is -0.623. The SMILES string of the molecule is C[C@H](NC(=O)COc1ccc([N+](=O)[O-])cc1C=O)c1ccc(Cl)c(Cl)c1. The number of non-ortho nitro benzene ring substituents is 1. The summed E-state index contributed by atoms with van der Waals surface area (Å²) in [5.74, 6) is -0.346. The van der Waals surface area contributed by atoms with E-state index in [2.05, 4.69) is 5.32 Å². The van der Waals surface area contributed by atoms with E-state index in [1.54, 1.807) is 25.1 Å². The van der Waals surface area contributed by atoms with Crippen LogP contribution in [0.15, 0.2) is 36.4 Å². The maximum absolute atomic E-state index is 12.0. The lowest BCUT2D eigenvalue weighted by molar-refractivity contribution is -0.384. The molecule has 0 bridgehead atoms. The summed E-state index contributed by atoms with van der Waals surface area (Å²) >= 11 is 11.8. The van der Waals surface area contributed by atoms with Crippen molar-refractivity contribution in [1.29, 1.82) is 0 Å². The Balaban J connectivity index is 1.99. The maximum atomic E-state index is 12.0. The zero-order valence-electron chi connectivity index (χ0n) is 13.6. The molecule has 2 aromatic rings. The Morgan fingerprint density at radius 1 is 1.27 bits per heavy atom. The number of nitro groups is 1. The van der Waals surface area contributed by atoms with Gasteiger partial charge in [0.25, 0.3) is 11.6 Å². The minimum absolute atomic E-state index is 0.00969. The predicted octanol–water partition coefficient (Wildman–Crippen LogP) is 3.97. The molecule has 0 fully saturated rings. The average Bonchev–Trinajstić information content (AvgIpc) is 2.61. The van der Waals surface area contributed by atoms with Crippen LogP contribution in [0, 0.1) is 10.1 Å². The summed E-state index contributed by atoms with van der Waals surface area (Å²) in [7, 11) is 0. The van der Waals surface area contributed by atoms with Gasteiger partial charge in [-0.3, -0.25) is 19.7 Å². The van der Waals surface area contributed by atoms with E-state index in [-0.39, 0.29) is 29.6 Å². The quantitative estimate of drug-likeness (QED) is 0.433. The van der Waals surface area contributed by atoms with Gasteiger partial charge < -0.3 is 10.1 Å². The van der Waals surface area contributed by atoms with Gasteiger partial charge in [0, 0.05) is 12.1 Å². The largest absolute Gasteiger partial charge is 0.483 e. The van der Waals surface area contributed by atoms with E-state index in [0.717, 1.165) is 11.6 Å². The van der Waals surface area contributed by atoms with Crippen LogP contribution in [0.1, 0.15) is 28.9 Å². The molecule has 0 aliphatic carbocycles. The fourth-order valence-corrected chi connectivity index (χ4v) is 2.47. The van der Waals surface area contributed by atoms with E-state index in [9.17, 15) is 19.7 Å². The van der Waals surface area contributed by atoms with Gasteiger partial charge in [-0.25, -0.2) is 0 Å². The first kappa shape index (κ1) is 19.7. The summed E-state index contributed by atoms with van der Waals surface area (Å²) in [6, 6.07) is 8.22. The molecule has 0 aliphatic heterocycles. The molecule has 0 saturated carbocycles. The third-order valence-electron chi connectivity index (χ3n) is 3.51. The number of rotatable bonds is 7. The number of hydrogen-bond acceptors (Lipinski definition) is 5. The number of ether oxygens (including phenoxy) is 1. The zero-order chi connectivity index (χ0) is 19.3. The molecule has 7 nitrogen and oxygen atoms in total. The molecule has 0 unspecified atom stereocenters. The second-order valence-corrected chi connectivity index (χ2v) is 6.16. The fraction of sp³-hybridized carbons (Fsp3) is 0.176. The zero-order valence-corrected chi connectivity index (χ0v) is 15.1. The number of nitrogens with one attached hydrogen (secondary N) is 1. The summed E-state index contributed by atoms with van der Waals surface area (Å²) in [6.45, 7) is 1.41. The number of carbonyl (C=O) groups excluding carboxylic acids is 2. The Bertz CT molecular complexity index is 857. The van der Waals surface area contributed by atoms with Gasteiger partial charge >= 0.3 is 0 Å². The van der Waals surface area contributed by atoms with Gasteiger partial charge in [-0.05, 0) is 30.7 Å². The molecule has 0 saturated heterocycles. The Morgan fingerprint density at radius 3 is 2.62 bits per heavy atom. The number of halogens is 2. The van der Waals surface area contributed by atoms with Crippen LogP contribution in [0.3, 0.4) is 0 Å². The highest BCUT2D eigenvalue weighted by Crippen LogP contribution is 2.26. The summed E-state index contributed by atoms with van der Waals surface area (Å²) in [6.07, 6.45) is 0.429. The van der Waals surface area contributed by atoms with Crippen molar-refractivity contribution < 1.29 is 19.2 Å². The van der Waals surface area contributed by atoms with Crippen molar-refractivity contribution in [1.82, 2.24) is 5.32 Å². The van der Waals surface area contributed by atoms with Crippen LogP contribution in [0.5, 0.6) is 5.75 Å². The third-order valence-corrected chi connectivity index (χ3v) is 4.25. The Kier molecular flexibility index (Phi) is 6.54. The van der Waals surface area contributed by atoms with Gasteiger partial charge in [-0.1, -0.05) is 29.3 Å². The Morgan fingerprint density at radius 2 is 2.00 bits per heavy atom. The Hall–Kier alpha value is -2.64. The van der Waals surface area contributed by atoms with Gasteiger partial charge in [0.1, 0.15) is 5.75 Å². The molecule has 1 atom stereocenters. The first-order valence-corrected chi connectivity index (χ1v) is 8.18. The van der Waals surface area contributed by atoms with Crippen LogP contribution in [0.25, 0.3) is 0 Å². The number of amides is 1. The predicted molar refractivity (Wildman–Crippen MR) is 97.0 cm³/mol. The highest BCUT2D eigenvalue weighted by atomic mass is 35.5. The van der Waals surface area contributed by atoms with Crippen molar-refractivity contribution in [3.63, 3.8) is 0 Å². The first-order chi connectivity index (χ1) is 12.3. The van der Waals surface area contributed by atoms with Gasteiger partial charge in [0.2, 0.25) is 0 Å². The molecule has 26 heavy (non-hydrogen) atoms. The van der Waals surface area contributed by atoms with E-state index in [4.69, 9.17) is 27.9 Å². The second kappa shape index (κ2) is 8.64. The van der Waals surface area contributed by atoms with Gasteiger partial charge in [-0.15, -0.1) is 0 Å². The van der Waals surface area contributed by atoms with Gasteiger partial charge in [-0.2, -0.15) is 0 Å². The van der Waals surface area contributed by atoms with E-state index in [1.165, 1.54) is 12.1 Å². The molecule has 136 valence electrons. The van der Waals surface area contributed by atoms with Crippen molar-refractivity contribution >= 4 is 41.1 Å². The van der Waals surface area contributed by atoms with E-state index in [0.29, 0.717) is 16.3 Å². The lowest BCUT2D eigenvalue weighted by Gasteiger charge is -2.15. The number of benzene rings is 2. The minimum Gasteiger partial charge on any atom is -0.483 e. The number of carbonyl (C=O) groups is 2. The molecule has 0 heterocycles. The molecule has 9 heteroatoms. The molecule has 0 aliphatic rings. The molecule has 0 aromatic heterocycles. The van der Waals surface area contributed by atoms with Crippen LogP contribution in [-0.2, 0) is 4.79 Å². The monoisotopic (exact) mass is 396 g/mol. The summed E-state index contributed by atoms with van der Waals surface area (Å²) in [5, 5.41) is 14.2. The number of nitro benzene ring substituents is 1. The van der Waals surface area contributed by atoms with Crippen LogP contribution < -0.4 is 10.1 Å². The second-order valence-electron chi connectivity index (χ2n) is 5.35. The van der Waals surface area contributed by atoms with Crippen molar-refractivity contribution in [3.05, 3.63) is 67.7 Å². The molecule has 0 spiro atoms. The molecule has 0 radical (unpaired) electrons. The smallest absolute Gasteiger partial charge is 0.270 e. The molecule has 1 amide bonds. The molecule has 1 N–H and O–H groups in total. The summed E-state index contributed by atoms with van der Waals surface area (Å²) < 4.78 is 5.29. The lowest BCUT2D eigenvalue weighted by Crippen LogP contribution is -2.31. The van der Waals surface area contributed by atoms with Crippen LogP contribution >= 0.6 is 23.2 Å². The maximum Gasteiger partial charge on any atom is 0.270 e. The molecular weight excluding hydrogens is 383 g/mol. The van der Waals surface area contributed by atoms with E-state index in [1.807, 2.05) is 0 Å². The van der Waals surface area contributed by atoms with Crippen LogP contribution in [0.4, 0.5) is 5.69 Å². The summed E-state index contributed by atoms with van der Waals surface area (Å²) in [5.41, 5.74) is 0.512. The Labute approximate surface area is 159 Å². The molecular formula is C17H14Cl2N2O5. The standard InChI is InChI=1S/C17H14Cl2N2O5/c1-10(11-2-4-14(18)15(19)7-11)20-17(23)9-26-16-5-3-13(21(24)25)6-12(16)8-22/h2-8,10H,9H2,1H3,(H,20,23)/t10-/m0/s1. The third kappa shape index (κ3) is 4.93. The summed E-state index contributed by atoms with van der Waals surface area (Å²) in [4.78, 5) is 33.2. The number of hydrogen-bond donors (Lipinski definition) is 1. The van der Waals surface area contributed by atoms with E-state index < -0.39 is 10.8 Å². The number of aldehydes is 1. The van der Waals surface area contributed by atoms with Crippen LogP contribution in [0.2, 0.25) is 10.0 Å². The van der Waals surface area contributed by atoms with Crippen molar-refractivity contribution in [2.75, 3.05) is 6.61 Å². The van der Waals surface area contributed by atoms with Crippen LogP contribution in [-0.4, -0.2) is 23.7 Å². The van der Waals surface area contributed by atoms with Gasteiger partial charge in [0.15, 0.2) is 12.9 Å². The first-order valence-electron chi connectivity index (χ1n) is 7.42. The highest BCUT2D eigenvalue weighted by molar-refractivity contribution is 6.42. The van der Waals surface area contributed by atoms with Crippen molar-refractivity contribution in [3.8, 4) is 5.75 Å². The average molecular weight is 397 g/mol. The normalized spacial score (nSPS) is 11.5. The van der Waals surface area contributed by atoms with Gasteiger partial charge in [0.05, 0.1) is 26.6 Å².